The first-order valence-corrected chi connectivity index (χ1v) is 7.09. The third kappa shape index (κ3) is 2.96. The van der Waals surface area contributed by atoms with Crippen molar-refractivity contribution in [3.63, 3.8) is 0 Å². The number of rotatable bonds is 4. The van der Waals surface area contributed by atoms with E-state index >= 15 is 0 Å². The Morgan fingerprint density at radius 1 is 1.35 bits per heavy atom. The first-order valence-electron chi connectivity index (χ1n) is 6.71. The third-order valence-corrected chi connectivity index (χ3v) is 3.51. The topological polar surface area (TPSA) is 100 Å². The molecule has 0 saturated carbocycles. The van der Waals surface area contributed by atoms with Gasteiger partial charge in [0.1, 0.15) is 10.9 Å². The van der Waals surface area contributed by atoms with E-state index in [-0.39, 0.29) is 17.3 Å². The number of hydrogen-bond acceptors (Lipinski definition) is 6. The van der Waals surface area contributed by atoms with Gasteiger partial charge in [0.25, 0.3) is 5.56 Å². The zero-order chi connectivity index (χ0) is 16.4. The number of H-pyrrole nitrogens is 1. The monoisotopic (exact) mass is 332 g/mol. The van der Waals surface area contributed by atoms with E-state index in [1.165, 1.54) is 13.3 Å². The zero-order valence-electron chi connectivity index (χ0n) is 12.1. The summed E-state index contributed by atoms with van der Waals surface area (Å²) in [6.07, 6.45) is 1.43. The molecule has 0 unspecified atom stereocenters. The molecule has 8 heteroatoms. The van der Waals surface area contributed by atoms with Crippen molar-refractivity contribution in [2.24, 2.45) is 0 Å². The summed E-state index contributed by atoms with van der Waals surface area (Å²) in [7, 11) is 1.52. The van der Waals surface area contributed by atoms with Gasteiger partial charge in [-0.05, 0) is 23.8 Å². The fourth-order valence-corrected chi connectivity index (χ4v) is 2.45. The number of halogens is 1. The maximum absolute atomic E-state index is 12.1. The van der Waals surface area contributed by atoms with Gasteiger partial charge in [-0.1, -0.05) is 17.7 Å². The van der Waals surface area contributed by atoms with E-state index in [0.717, 1.165) is 0 Å². The highest BCUT2D eigenvalue weighted by atomic mass is 35.5. The van der Waals surface area contributed by atoms with Crippen LogP contribution in [0.2, 0.25) is 5.15 Å². The molecule has 3 rings (SSSR count). The second-order valence-electron chi connectivity index (χ2n) is 4.77. The second-order valence-corrected chi connectivity index (χ2v) is 5.16. The lowest BCUT2D eigenvalue weighted by Crippen LogP contribution is -2.10. The Balaban J connectivity index is 2.14. The van der Waals surface area contributed by atoms with E-state index in [2.05, 4.69) is 20.5 Å². The van der Waals surface area contributed by atoms with E-state index in [0.29, 0.717) is 33.6 Å². The zero-order valence-corrected chi connectivity index (χ0v) is 12.9. The van der Waals surface area contributed by atoms with E-state index in [1.54, 1.807) is 24.3 Å². The molecule has 3 N–H and O–H groups in total. The lowest BCUT2D eigenvalue weighted by Gasteiger charge is -2.13. The summed E-state index contributed by atoms with van der Waals surface area (Å²) in [4.78, 5) is 16.1. The number of nitrogens with zero attached hydrogens (tertiary/aromatic N) is 2. The van der Waals surface area contributed by atoms with E-state index in [4.69, 9.17) is 16.3 Å². The number of aliphatic hydroxyl groups is 1. The van der Waals surface area contributed by atoms with Gasteiger partial charge in [-0.2, -0.15) is 5.10 Å². The van der Waals surface area contributed by atoms with Gasteiger partial charge in [0.15, 0.2) is 0 Å². The highest BCUT2D eigenvalue weighted by Crippen LogP contribution is 2.31. The molecule has 2 aromatic heterocycles. The SMILES string of the molecule is COc1cc(CO)ccc1Nc1cc(Cl)nc2cn[nH]c(=O)c12. The number of aliphatic hydroxyl groups excluding tert-OH is 1. The van der Waals surface area contributed by atoms with Gasteiger partial charge in [-0.25, -0.2) is 10.1 Å². The Bertz CT molecular complexity index is 926. The van der Waals surface area contributed by atoms with Crippen molar-refractivity contribution < 1.29 is 9.84 Å². The van der Waals surface area contributed by atoms with Crippen molar-refractivity contribution in [3.05, 3.63) is 51.5 Å². The molecule has 0 amide bonds. The Morgan fingerprint density at radius 3 is 2.91 bits per heavy atom. The number of hydrogen-bond donors (Lipinski definition) is 3. The summed E-state index contributed by atoms with van der Waals surface area (Å²) in [5.74, 6) is 0.531. The predicted octanol–water partition coefficient (Wildman–Crippen LogP) is 2.22. The van der Waals surface area contributed by atoms with Crippen molar-refractivity contribution in [2.75, 3.05) is 12.4 Å². The molecular formula is C15H13ClN4O3. The number of methoxy groups -OCH3 is 1. The fraction of sp³-hybridized carbons (Fsp3) is 0.133. The molecule has 0 fully saturated rings. The van der Waals surface area contributed by atoms with Crippen LogP contribution in [-0.4, -0.2) is 27.4 Å². The molecule has 23 heavy (non-hydrogen) atoms. The van der Waals surface area contributed by atoms with Crippen LogP contribution in [0.3, 0.4) is 0 Å². The highest BCUT2D eigenvalue weighted by molar-refractivity contribution is 6.30. The summed E-state index contributed by atoms with van der Waals surface area (Å²) in [6, 6.07) is 6.76. The lowest BCUT2D eigenvalue weighted by molar-refractivity contribution is 0.281. The Morgan fingerprint density at radius 2 is 2.17 bits per heavy atom. The first kappa shape index (κ1) is 15.3. The van der Waals surface area contributed by atoms with Crippen molar-refractivity contribution in [2.45, 2.75) is 6.61 Å². The quantitative estimate of drug-likeness (QED) is 0.633. The van der Waals surface area contributed by atoms with Crippen molar-refractivity contribution in [1.29, 1.82) is 0 Å². The molecule has 0 saturated heterocycles. The highest BCUT2D eigenvalue weighted by Gasteiger charge is 2.12. The van der Waals surface area contributed by atoms with Crippen LogP contribution < -0.4 is 15.6 Å². The van der Waals surface area contributed by atoms with Gasteiger partial charge in [-0.3, -0.25) is 4.79 Å². The maximum Gasteiger partial charge on any atom is 0.275 e. The van der Waals surface area contributed by atoms with Crippen LogP contribution in [0.25, 0.3) is 10.9 Å². The van der Waals surface area contributed by atoms with Crippen molar-refractivity contribution in [1.82, 2.24) is 15.2 Å². The van der Waals surface area contributed by atoms with Crippen LogP contribution in [0.15, 0.2) is 35.3 Å². The van der Waals surface area contributed by atoms with Crippen LogP contribution in [-0.2, 0) is 6.61 Å². The Labute approximate surface area is 135 Å². The van der Waals surface area contributed by atoms with Crippen LogP contribution >= 0.6 is 11.6 Å². The van der Waals surface area contributed by atoms with Gasteiger partial charge in [-0.15, -0.1) is 0 Å². The average molecular weight is 333 g/mol. The summed E-state index contributed by atoms with van der Waals surface area (Å²) < 4.78 is 5.31. The maximum atomic E-state index is 12.1. The number of ether oxygens (including phenoxy) is 1. The lowest BCUT2D eigenvalue weighted by atomic mass is 10.1. The van der Waals surface area contributed by atoms with Gasteiger partial charge in [0.2, 0.25) is 0 Å². The molecule has 3 aromatic rings. The number of anilines is 2. The molecule has 1 aromatic carbocycles. The van der Waals surface area contributed by atoms with Crippen LogP contribution in [0.5, 0.6) is 5.75 Å². The Kier molecular flexibility index (Phi) is 4.14. The largest absolute Gasteiger partial charge is 0.495 e. The first-order chi connectivity index (χ1) is 11.1. The summed E-state index contributed by atoms with van der Waals surface area (Å²) in [5.41, 5.74) is 1.84. The van der Waals surface area contributed by atoms with Crippen LogP contribution in [0.4, 0.5) is 11.4 Å². The normalized spacial score (nSPS) is 10.7. The minimum Gasteiger partial charge on any atom is -0.495 e. The average Bonchev–Trinajstić information content (AvgIpc) is 2.54. The summed E-state index contributed by atoms with van der Waals surface area (Å²) in [5, 5.41) is 19.0. The number of aromatic amines is 1. The fourth-order valence-electron chi connectivity index (χ4n) is 2.25. The minimum atomic E-state index is -0.375. The molecule has 7 nitrogen and oxygen atoms in total. The smallest absolute Gasteiger partial charge is 0.275 e. The van der Waals surface area contributed by atoms with Gasteiger partial charge in [0.05, 0.1) is 42.2 Å². The molecule has 0 radical (unpaired) electrons. The summed E-state index contributed by atoms with van der Waals surface area (Å²) in [6.45, 7) is -0.0913. The van der Waals surface area contributed by atoms with Crippen molar-refractivity contribution >= 4 is 33.9 Å². The van der Waals surface area contributed by atoms with Gasteiger partial charge in [0, 0.05) is 0 Å². The summed E-state index contributed by atoms with van der Waals surface area (Å²) >= 11 is 6.01. The molecular weight excluding hydrogens is 320 g/mol. The molecule has 0 atom stereocenters. The molecule has 0 aliphatic heterocycles. The number of nitrogens with one attached hydrogen (secondary N) is 2. The van der Waals surface area contributed by atoms with Crippen LogP contribution in [0.1, 0.15) is 5.56 Å². The third-order valence-electron chi connectivity index (χ3n) is 3.31. The molecule has 118 valence electrons. The van der Waals surface area contributed by atoms with Crippen molar-refractivity contribution in [3.8, 4) is 5.75 Å². The second kappa shape index (κ2) is 6.23. The standard InChI is InChI=1S/C15H13ClN4O3/c1-23-12-4-8(7-21)2-3-9(12)18-10-5-13(16)19-11-6-17-20-15(22)14(10)11/h2-6,21H,7H2,1H3,(H,18,19)(H,20,22). The molecule has 0 spiro atoms. The predicted molar refractivity (Wildman–Crippen MR) is 87.4 cm³/mol. The van der Waals surface area contributed by atoms with Gasteiger partial charge < -0.3 is 15.2 Å². The number of benzene rings is 1. The number of aromatic nitrogens is 3. The molecule has 2 heterocycles. The van der Waals surface area contributed by atoms with E-state index < -0.39 is 0 Å². The van der Waals surface area contributed by atoms with E-state index in [1.807, 2.05) is 0 Å². The molecule has 0 bridgehead atoms. The minimum absolute atomic E-state index is 0.0913. The van der Waals surface area contributed by atoms with E-state index in [9.17, 15) is 9.90 Å². The van der Waals surface area contributed by atoms with Crippen LogP contribution in [0, 0.1) is 0 Å². The number of fused-ring (bicyclic) bond motifs is 1. The number of pyridine rings is 1. The van der Waals surface area contributed by atoms with Gasteiger partial charge >= 0.3 is 0 Å². The molecule has 0 aliphatic rings. The molecule has 0 aliphatic carbocycles. The Hall–Kier alpha value is -2.64.